The fourth-order valence-electron chi connectivity index (χ4n) is 2.42. The minimum atomic E-state index is -4.08. The Labute approximate surface area is 195 Å². The van der Waals surface area contributed by atoms with Crippen molar-refractivity contribution in [1.82, 2.24) is 4.90 Å². The van der Waals surface area contributed by atoms with Crippen LogP contribution in [0.5, 0.6) is 5.75 Å². The molecule has 8 nitrogen and oxygen atoms in total. The second kappa shape index (κ2) is 9.43. The van der Waals surface area contributed by atoms with Gasteiger partial charge < -0.3 is 8.92 Å². The van der Waals surface area contributed by atoms with Gasteiger partial charge in [-0.1, -0.05) is 17.7 Å². The van der Waals surface area contributed by atoms with Gasteiger partial charge in [0.25, 0.3) is 11.1 Å². The van der Waals surface area contributed by atoms with Crippen molar-refractivity contribution < 1.29 is 31.7 Å². The summed E-state index contributed by atoms with van der Waals surface area (Å²) in [6.45, 7) is -0.475. The quantitative estimate of drug-likeness (QED) is 0.303. The van der Waals surface area contributed by atoms with Crippen molar-refractivity contribution in [2.24, 2.45) is 0 Å². The summed E-state index contributed by atoms with van der Waals surface area (Å²) in [5.41, 5.74) is 0.506. The summed E-state index contributed by atoms with van der Waals surface area (Å²) < 4.78 is 34.8. The van der Waals surface area contributed by atoms with Crippen LogP contribution in [0.3, 0.4) is 0 Å². The van der Waals surface area contributed by atoms with Crippen LogP contribution in [-0.2, 0) is 24.4 Å². The van der Waals surface area contributed by atoms with Gasteiger partial charge in [0.15, 0.2) is 5.75 Å². The Balaban J connectivity index is 1.79. The van der Waals surface area contributed by atoms with Crippen LogP contribution in [0.4, 0.5) is 4.79 Å². The number of rotatable bonds is 6. The number of carbonyl (C=O) groups is 3. The molecular weight excluding hydrogens is 534 g/mol. The Morgan fingerprint density at radius 2 is 1.87 bits per heavy atom. The second-order valence-electron chi connectivity index (χ2n) is 6.03. The molecule has 0 N–H and O–H groups in total. The topological polar surface area (TPSA) is 107 Å². The highest BCUT2D eigenvalue weighted by Crippen LogP contribution is 2.34. The van der Waals surface area contributed by atoms with E-state index in [0.29, 0.717) is 26.8 Å². The summed E-state index contributed by atoms with van der Waals surface area (Å²) in [6.07, 6.45) is 1.45. The Bertz CT molecular complexity index is 1200. The standard InChI is InChI=1S/C19H13BrClNO7S2/c1-28-17(23)10-22-18(24)16(30-19(22)25)9-11-2-7-15(14(20)8-11)29-31(26,27)13-5-3-12(21)4-6-13/h2-9H,10H2,1H3/b16-9-. The number of ether oxygens (including phenoxy) is 1. The van der Waals surface area contributed by atoms with Gasteiger partial charge in [-0.15, -0.1) is 0 Å². The van der Waals surface area contributed by atoms with E-state index >= 15 is 0 Å². The lowest BCUT2D eigenvalue weighted by atomic mass is 10.2. The molecular formula is C19H13BrClNO7S2. The van der Waals surface area contributed by atoms with E-state index in [0.717, 1.165) is 12.0 Å². The summed E-state index contributed by atoms with van der Waals surface area (Å²) in [4.78, 5) is 36.6. The van der Waals surface area contributed by atoms with Crippen molar-refractivity contribution >= 4 is 72.6 Å². The molecule has 1 heterocycles. The van der Waals surface area contributed by atoms with Crippen LogP contribution in [0.25, 0.3) is 6.08 Å². The SMILES string of the molecule is COC(=O)CN1C(=O)S/C(=C\c2ccc(OS(=O)(=O)c3ccc(Cl)cc3)c(Br)c2)C1=O. The maximum absolute atomic E-state index is 12.4. The molecule has 0 aromatic heterocycles. The van der Waals surface area contributed by atoms with Crippen LogP contribution in [-0.4, -0.2) is 44.1 Å². The number of hydrogen-bond acceptors (Lipinski definition) is 8. The monoisotopic (exact) mass is 545 g/mol. The van der Waals surface area contributed by atoms with E-state index in [4.69, 9.17) is 15.8 Å². The van der Waals surface area contributed by atoms with Crippen LogP contribution in [0.15, 0.2) is 56.7 Å². The molecule has 1 aliphatic rings. The van der Waals surface area contributed by atoms with Crippen LogP contribution < -0.4 is 4.18 Å². The predicted molar refractivity (Wildman–Crippen MR) is 118 cm³/mol. The summed E-state index contributed by atoms with van der Waals surface area (Å²) in [6, 6.07) is 9.97. The normalized spacial score (nSPS) is 15.5. The number of halogens is 2. The van der Waals surface area contributed by atoms with Gasteiger partial charge in [0.2, 0.25) is 0 Å². The molecule has 0 unspecified atom stereocenters. The number of esters is 1. The highest BCUT2D eigenvalue weighted by molar-refractivity contribution is 9.10. The van der Waals surface area contributed by atoms with Crippen molar-refractivity contribution in [2.75, 3.05) is 13.7 Å². The van der Waals surface area contributed by atoms with Gasteiger partial charge in [0.05, 0.1) is 16.5 Å². The van der Waals surface area contributed by atoms with E-state index in [2.05, 4.69) is 20.7 Å². The number of amides is 2. The van der Waals surface area contributed by atoms with Crippen LogP contribution in [0.2, 0.25) is 5.02 Å². The molecule has 2 aromatic rings. The van der Waals surface area contributed by atoms with Gasteiger partial charge in [0, 0.05) is 5.02 Å². The van der Waals surface area contributed by atoms with E-state index in [1.54, 1.807) is 0 Å². The van der Waals surface area contributed by atoms with E-state index in [9.17, 15) is 22.8 Å². The number of benzene rings is 2. The number of nitrogens with zero attached hydrogens (tertiary/aromatic N) is 1. The first-order valence-corrected chi connectivity index (χ1v) is 11.8. The lowest BCUT2D eigenvalue weighted by Gasteiger charge is -2.10. The van der Waals surface area contributed by atoms with Gasteiger partial charge in [0.1, 0.15) is 11.4 Å². The maximum Gasteiger partial charge on any atom is 0.339 e. The van der Waals surface area contributed by atoms with Crippen LogP contribution in [0.1, 0.15) is 5.56 Å². The average Bonchev–Trinajstić information content (AvgIpc) is 2.97. The molecule has 12 heteroatoms. The second-order valence-corrected chi connectivity index (χ2v) is 9.86. The molecule has 1 aliphatic heterocycles. The lowest BCUT2D eigenvalue weighted by Crippen LogP contribution is -2.34. The highest BCUT2D eigenvalue weighted by atomic mass is 79.9. The zero-order valence-electron chi connectivity index (χ0n) is 15.7. The smallest absolute Gasteiger partial charge is 0.339 e. The van der Waals surface area contributed by atoms with E-state index in [-0.39, 0.29) is 15.6 Å². The summed E-state index contributed by atoms with van der Waals surface area (Å²) in [5, 5.41) is -0.199. The minimum Gasteiger partial charge on any atom is -0.468 e. The summed E-state index contributed by atoms with van der Waals surface area (Å²) in [7, 11) is -2.92. The molecule has 0 radical (unpaired) electrons. The first-order valence-electron chi connectivity index (χ1n) is 8.42. The fraction of sp³-hybridized carbons (Fsp3) is 0.105. The first kappa shape index (κ1) is 23.3. The van der Waals surface area contributed by atoms with Crippen molar-refractivity contribution in [3.8, 4) is 5.75 Å². The lowest BCUT2D eigenvalue weighted by molar-refractivity contribution is -0.143. The number of methoxy groups -OCH3 is 1. The summed E-state index contributed by atoms with van der Waals surface area (Å²) in [5.74, 6) is -1.30. The van der Waals surface area contributed by atoms with Crippen molar-refractivity contribution in [3.05, 3.63) is 62.4 Å². The van der Waals surface area contributed by atoms with Crippen LogP contribution in [0, 0.1) is 0 Å². The molecule has 0 bridgehead atoms. The van der Waals surface area contributed by atoms with E-state index in [1.807, 2.05) is 0 Å². The number of thioether (sulfide) groups is 1. The molecule has 0 atom stereocenters. The van der Waals surface area contributed by atoms with Crippen LogP contribution >= 0.6 is 39.3 Å². The maximum atomic E-state index is 12.4. The van der Waals surface area contributed by atoms with Gasteiger partial charge >= 0.3 is 16.1 Å². The third-order valence-electron chi connectivity index (χ3n) is 3.94. The molecule has 0 aliphatic carbocycles. The molecule has 1 saturated heterocycles. The first-order chi connectivity index (χ1) is 14.6. The zero-order valence-corrected chi connectivity index (χ0v) is 19.7. The van der Waals surface area contributed by atoms with Crippen molar-refractivity contribution in [3.63, 3.8) is 0 Å². The largest absolute Gasteiger partial charge is 0.468 e. The molecule has 0 saturated carbocycles. The van der Waals surface area contributed by atoms with Crippen molar-refractivity contribution in [2.45, 2.75) is 4.90 Å². The number of imide groups is 1. The molecule has 0 spiro atoms. The molecule has 1 fully saturated rings. The van der Waals surface area contributed by atoms with Gasteiger partial charge in [-0.05, 0) is 75.7 Å². The third kappa shape index (κ3) is 5.48. The average molecular weight is 547 g/mol. The molecule has 3 rings (SSSR count). The van der Waals surface area contributed by atoms with Gasteiger partial charge in [-0.2, -0.15) is 8.42 Å². The Morgan fingerprint density at radius 3 is 2.48 bits per heavy atom. The van der Waals surface area contributed by atoms with Gasteiger partial charge in [-0.25, -0.2) is 0 Å². The number of carbonyl (C=O) groups excluding carboxylic acids is 3. The fourth-order valence-corrected chi connectivity index (χ4v) is 4.92. The minimum absolute atomic E-state index is 0.0332. The van der Waals surface area contributed by atoms with E-state index < -0.39 is 33.8 Å². The Kier molecular flexibility index (Phi) is 7.10. The Hall–Kier alpha value is -2.34. The van der Waals surface area contributed by atoms with Gasteiger partial charge in [-0.3, -0.25) is 19.3 Å². The van der Waals surface area contributed by atoms with E-state index in [1.165, 1.54) is 48.5 Å². The zero-order chi connectivity index (χ0) is 22.8. The Morgan fingerprint density at radius 1 is 1.19 bits per heavy atom. The number of hydrogen-bond donors (Lipinski definition) is 0. The third-order valence-corrected chi connectivity index (χ3v) is 6.97. The molecule has 2 aromatic carbocycles. The van der Waals surface area contributed by atoms with Crippen molar-refractivity contribution in [1.29, 1.82) is 0 Å². The highest BCUT2D eigenvalue weighted by Gasteiger charge is 2.36. The molecule has 2 amide bonds. The predicted octanol–water partition coefficient (Wildman–Crippen LogP) is 4.08. The molecule has 162 valence electrons. The summed E-state index contributed by atoms with van der Waals surface area (Å²) >= 11 is 9.70. The molecule has 31 heavy (non-hydrogen) atoms.